The summed E-state index contributed by atoms with van der Waals surface area (Å²) in [6.45, 7) is 0. The minimum absolute atomic E-state index is 0.100. The van der Waals surface area contributed by atoms with E-state index >= 15 is 0 Å². The van der Waals surface area contributed by atoms with Crippen molar-refractivity contribution in [3.05, 3.63) is 64.7 Å². The molecular weight excluding hydrogens is 364 g/mol. The van der Waals surface area contributed by atoms with Gasteiger partial charge in [0.1, 0.15) is 5.76 Å². The molecule has 144 valence electrons. The number of fused-ring (bicyclic) bond motifs is 1. The Hall–Kier alpha value is -3.61. The number of hydrogen-bond donors (Lipinski definition) is 2. The molecule has 2 N–H and O–H groups in total. The lowest BCUT2D eigenvalue weighted by atomic mass is 9.78. The van der Waals surface area contributed by atoms with Gasteiger partial charge in [0, 0.05) is 17.0 Å². The molecule has 0 saturated carbocycles. The number of aliphatic hydroxyl groups excluding tert-OH is 1. The fourth-order valence-electron chi connectivity index (χ4n) is 3.27. The second-order valence-corrected chi connectivity index (χ2v) is 6.23. The minimum atomic E-state index is -0.992. The highest BCUT2D eigenvalue weighted by Crippen LogP contribution is 2.40. The molecule has 0 spiro atoms. The molecule has 0 fully saturated rings. The van der Waals surface area contributed by atoms with Crippen molar-refractivity contribution >= 4 is 23.3 Å². The third-order valence-electron chi connectivity index (χ3n) is 4.68. The number of benzene rings is 2. The van der Waals surface area contributed by atoms with E-state index in [0.29, 0.717) is 5.56 Å². The molecule has 0 amide bonds. The normalized spacial score (nSPS) is 14.5. The summed E-state index contributed by atoms with van der Waals surface area (Å²) in [7, 11) is 2.58. The Morgan fingerprint density at radius 1 is 1.00 bits per heavy atom. The lowest BCUT2D eigenvalue weighted by Gasteiger charge is -2.24. The van der Waals surface area contributed by atoms with E-state index in [1.165, 1.54) is 38.5 Å². The molecule has 0 heterocycles. The molecule has 3 rings (SSSR count). The van der Waals surface area contributed by atoms with Gasteiger partial charge in [-0.2, -0.15) is 0 Å². The fraction of sp³-hybridized carbons (Fsp3) is 0.190. The number of hydrogen-bond acceptors (Lipinski definition) is 7. The molecule has 2 aromatic rings. The molecular formula is C21H18O7. The van der Waals surface area contributed by atoms with Gasteiger partial charge in [-0.05, 0) is 17.7 Å². The molecule has 0 radical (unpaired) electrons. The number of phenolic OH excluding ortho intramolecular Hbond substituents is 1. The van der Waals surface area contributed by atoms with Crippen molar-refractivity contribution in [1.29, 1.82) is 0 Å². The first kappa shape index (κ1) is 19.2. The average molecular weight is 382 g/mol. The van der Waals surface area contributed by atoms with Gasteiger partial charge in [0.05, 0.1) is 26.2 Å². The monoisotopic (exact) mass is 382 g/mol. The quantitative estimate of drug-likeness (QED) is 0.604. The van der Waals surface area contributed by atoms with E-state index in [1.54, 1.807) is 18.2 Å². The topological polar surface area (TPSA) is 110 Å². The van der Waals surface area contributed by atoms with Crippen LogP contribution >= 0.6 is 0 Å². The number of carbonyl (C=O) groups excluding carboxylic acids is 3. The number of methoxy groups -OCH3 is 2. The number of rotatable bonds is 5. The van der Waals surface area contributed by atoms with Crippen LogP contribution in [-0.2, 0) is 14.3 Å². The Morgan fingerprint density at radius 3 is 2.29 bits per heavy atom. The Kier molecular flexibility index (Phi) is 5.17. The van der Waals surface area contributed by atoms with E-state index in [1.807, 2.05) is 0 Å². The Labute approximate surface area is 160 Å². The first-order chi connectivity index (χ1) is 13.4. The summed E-state index contributed by atoms with van der Waals surface area (Å²) in [6.07, 6.45) is -0.303. The highest BCUT2D eigenvalue weighted by molar-refractivity contribution is 6.52. The standard InChI is InChI=1S/C21H18O7/c1-27-16-8-7-11(9-15(16)22)14(10-17(23)28-2)18-19(24)12-5-3-4-6-13(12)20(25)21(18)26/h3-9,14,22,24H,10H2,1-2H3. The molecule has 28 heavy (non-hydrogen) atoms. The lowest BCUT2D eigenvalue weighted by molar-refractivity contribution is -0.140. The van der Waals surface area contributed by atoms with Crippen molar-refractivity contribution in [2.24, 2.45) is 0 Å². The Bertz CT molecular complexity index is 1000. The maximum absolute atomic E-state index is 12.8. The number of allylic oxidation sites excluding steroid dienone is 1. The van der Waals surface area contributed by atoms with Crippen LogP contribution < -0.4 is 4.74 Å². The summed E-state index contributed by atoms with van der Waals surface area (Å²) in [6, 6.07) is 10.5. The van der Waals surface area contributed by atoms with Gasteiger partial charge in [-0.15, -0.1) is 0 Å². The SMILES string of the molecule is COC(=O)CC(C1=C(O)c2ccccc2C(=O)C1=O)c1ccc(OC)c(O)c1. The van der Waals surface area contributed by atoms with Crippen LogP contribution in [-0.4, -0.2) is 42.0 Å². The van der Waals surface area contributed by atoms with Crippen molar-refractivity contribution < 1.29 is 34.1 Å². The van der Waals surface area contributed by atoms with Crippen LogP contribution in [0, 0.1) is 0 Å². The maximum Gasteiger partial charge on any atom is 0.306 e. The summed E-state index contributed by atoms with van der Waals surface area (Å²) in [5.74, 6) is -3.67. The molecule has 7 nitrogen and oxygen atoms in total. The van der Waals surface area contributed by atoms with Crippen molar-refractivity contribution in [2.75, 3.05) is 14.2 Å². The second-order valence-electron chi connectivity index (χ2n) is 6.23. The van der Waals surface area contributed by atoms with Gasteiger partial charge >= 0.3 is 5.97 Å². The summed E-state index contributed by atoms with van der Waals surface area (Å²) in [4.78, 5) is 37.3. The number of ether oxygens (including phenoxy) is 2. The predicted octanol–water partition coefficient (Wildman–Crippen LogP) is 2.78. The van der Waals surface area contributed by atoms with E-state index in [-0.39, 0.29) is 40.4 Å². The van der Waals surface area contributed by atoms with Crippen LogP contribution in [0.5, 0.6) is 11.5 Å². The van der Waals surface area contributed by atoms with Crippen LogP contribution in [0.4, 0.5) is 0 Å². The zero-order valence-electron chi connectivity index (χ0n) is 15.3. The van der Waals surface area contributed by atoms with Gasteiger partial charge in [-0.1, -0.05) is 30.3 Å². The molecule has 0 bridgehead atoms. The van der Waals surface area contributed by atoms with Crippen LogP contribution in [0.2, 0.25) is 0 Å². The van der Waals surface area contributed by atoms with Gasteiger partial charge in [-0.25, -0.2) is 0 Å². The molecule has 0 aliphatic heterocycles. The van der Waals surface area contributed by atoms with Crippen molar-refractivity contribution in [1.82, 2.24) is 0 Å². The van der Waals surface area contributed by atoms with Crippen molar-refractivity contribution in [2.45, 2.75) is 12.3 Å². The van der Waals surface area contributed by atoms with Crippen LogP contribution in [0.1, 0.15) is 33.8 Å². The predicted molar refractivity (Wildman–Crippen MR) is 99.4 cm³/mol. The minimum Gasteiger partial charge on any atom is -0.507 e. The summed E-state index contributed by atoms with van der Waals surface area (Å²) in [5, 5.41) is 20.9. The molecule has 1 aliphatic rings. The van der Waals surface area contributed by atoms with Crippen molar-refractivity contribution in [3.63, 3.8) is 0 Å². The molecule has 2 aromatic carbocycles. The highest BCUT2D eigenvalue weighted by Gasteiger charge is 2.38. The second kappa shape index (κ2) is 7.56. The number of aliphatic hydroxyl groups is 1. The zero-order valence-corrected chi connectivity index (χ0v) is 15.3. The number of ketones is 2. The molecule has 7 heteroatoms. The van der Waals surface area contributed by atoms with Crippen LogP contribution in [0.3, 0.4) is 0 Å². The summed E-state index contributed by atoms with van der Waals surface area (Å²) in [5.41, 5.74) is 0.460. The summed E-state index contributed by atoms with van der Waals surface area (Å²) >= 11 is 0. The highest BCUT2D eigenvalue weighted by atomic mass is 16.5. The number of phenols is 1. The van der Waals surface area contributed by atoms with Crippen molar-refractivity contribution in [3.8, 4) is 11.5 Å². The Morgan fingerprint density at radius 2 is 1.68 bits per heavy atom. The van der Waals surface area contributed by atoms with E-state index < -0.39 is 23.5 Å². The molecule has 1 aliphatic carbocycles. The van der Waals surface area contributed by atoms with E-state index in [2.05, 4.69) is 0 Å². The van der Waals surface area contributed by atoms with Gasteiger partial charge in [0.2, 0.25) is 11.6 Å². The fourth-order valence-corrected chi connectivity index (χ4v) is 3.27. The van der Waals surface area contributed by atoms with E-state index in [4.69, 9.17) is 9.47 Å². The summed E-state index contributed by atoms with van der Waals surface area (Å²) < 4.78 is 9.72. The molecule has 0 aromatic heterocycles. The zero-order chi connectivity index (χ0) is 20.4. The third-order valence-corrected chi connectivity index (χ3v) is 4.68. The Balaban J connectivity index is 2.20. The van der Waals surface area contributed by atoms with E-state index in [9.17, 15) is 24.6 Å². The number of Topliss-reactive ketones (excluding diaryl/α,β-unsaturated/α-hetero) is 2. The lowest BCUT2D eigenvalue weighted by Crippen LogP contribution is -2.28. The first-order valence-electron chi connectivity index (χ1n) is 8.44. The number of aromatic hydroxyl groups is 1. The molecule has 0 saturated heterocycles. The molecule has 1 unspecified atom stereocenters. The van der Waals surface area contributed by atoms with Crippen LogP contribution in [0.25, 0.3) is 5.76 Å². The smallest absolute Gasteiger partial charge is 0.306 e. The average Bonchev–Trinajstić information content (AvgIpc) is 2.71. The van der Waals surface area contributed by atoms with Gasteiger partial charge in [0.15, 0.2) is 11.5 Å². The molecule has 1 atom stereocenters. The first-order valence-corrected chi connectivity index (χ1v) is 8.44. The van der Waals surface area contributed by atoms with E-state index in [0.717, 1.165) is 0 Å². The van der Waals surface area contributed by atoms with Gasteiger partial charge < -0.3 is 19.7 Å². The number of carbonyl (C=O) groups is 3. The van der Waals surface area contributed by atoms with Gasteiger partial charge in [0.25, 0.3) is 0 Å². The largest absolute Gasteiger partial charge is 0.507 e. The van der Waals surface area contributed by atoms with Gasteiger partial charge in [-0.3, -0.25) is 14.4 Å². The maximum atomic E-state index is 12.8. The number of esters is 1. The third kappa shape index (κ3) is 3.22. The van der Waals surface area contributed by atoms with Crippen LogP contribution in [0.15, 0.2) is 48.0 Å².